The van der Waals surface area contributed by atoms with Crippen molar-refractivity contribution in [2.24, 2.45) is 92.6 Å². The zero-order valence-corrected chi connectivity index (χ0v) is 53.0. The second-order valence-corrected chi connectivity index (χ2v) is 31.1. The number of aliphatic imine (C=N–C) groups is 1. The number of nitrogens with one attached hydrogen (secondary N) is 3. The Hall–Kier alpha value is -5.14. The summed E-state index contributed by atoms with van der Waals surface area (Å²) in [6.45, 7) is 6.17. The fraction of sp³-hybridized carbons (Fsp3) is 0.629. The van der Waals surface area contributed by atoms with Crippen molar-refractivity contribution >= 4 is 45.1 Å². The second kappa shape index (κ2) is 25.7. The Labute approximate surface area is 530 Å². The van der Waals surface area contributed by atoms with Crippen LogP contribution in [0.1, 0.15) is 133 Å². The number of aliphatic hydroxyl groups excluding tert-OH is 4. The highest BCUT2D eigenvalue weighted by molar-refractivity contribution is 8.76. The zero-order chi connectivity index (χ0) is 62.7. The van der Waals surface area contributed by atoms with Gasteiger partial charge in [-0.05, 0) is 159 Å². The molecule has 3 aromatic rings. The summed E-state index contributed by atoms with van der Waals surface area (Å²) in [4.78, 5) is 52.6. The fourth-order valence-electron chi connectivity index (χ4n) is 19.5. The van der Waals surface area contributed by atoms with Crippen LogP contribution in [0, 0.1) is 93.7 Å². The van der Waals surface area contributed by atoms with Gasteiger partial charge in [0.05, 0.1) is 60.8 Å². The molecule has 12 rings (SSSR count). The molecule has 21 atom stereocenters. The number of guanidine groups is 1. The van der Waals surface area contributed by atoms with Crippen molar-refractivity contribution < 1.29 is 60.0 Å². The summed E-state index contributed by atoms with van der Waals surface area (Å²) in [6, 6.07) is 18.4. The number of aromatic nitrogens is 1. The van der Waals surface area contributed by atoms with Gasteiger partial charge >= 0.3 is 5.97 Å². The Morgan fingerprint density at radius 3 is 2.45 bits per heavy atom. The molecular weight excluding hydrogens is 1170 g/mol. The van der Waals surface area contributed by atoms with Crippen LogP contribution in [0.5, 0.6) is 5.75 Å². The predicted octanol–water partition coefficient (Wildman–Crippen LogP) is 7.00. The van der Waals surface area contributed by atoms with E-state index in [9.17, 15) is 50.4 Å². The Morgan fingerprint density at radius 1 is 0.921 bits per heavy atom. The van der Waals surface area contributed by atoms with Crippen LogP contribution in [-0.4, -0.2) is 136 Å². The molecule has 0 unspecified atom stereocenters. The zero-order valence-electron chi connectivity index (χ0n) is 51.4. The lowest BCUT2D eigenvalue weighted by Gasteiger charge is -2.63. The van der Waals surface area contributed by atoms with Gasteiger partial charge in [0.15, 0.2) is 23.8 Å². The first kappa shape index (κ1) is 64.0. The van der Waals surface area contributed by atoms with Crippen LogP contribution in [0.3, 0.4) is 0 Å². The van der Waals surface area contributed by atoms with Gasteiger partial charge in [-0.15, -0.1) is 5.92 Å². The van der Waals surface area contributed by atoms with E-state index in [1.54, 1.807) is 48.2 Å². The average Bonchev–Trinajstić information content (AvgIpc) is 1.61. The summed E-state index contributed by atoms with van der Waals surface area (Å²) in [7, 11) is 3.04. The minimum atomic E-state index is -2.06. The maximum Gasteiger partial charge on any atom is 0.313 e. The summed E-state index contributed by atoms with van der Waals surface area (Å²) in [5, 5.41) is 107. The third-order valence-corrected chi connectivity index (χ3v) is 26.2. The van der Waals surface area contributed by atoms with Gasteiger partial charge in [-0.3, -0.25) is 14.4 Å². The summed E-state index contributed by atoms with van der Waals surface area (Å²) < 4.78 is 5.95. The molecular formula is C70H91N5O12S2. The SMILES string of the molecule is C[C@@H]1CCC2=CC[C@@H]3[C@H](C[C@@H]([C@@H]4COC(=O)[C@H]4c4cc[nH]c4)C#CC[C@H]4C[C@@]5(O)C6=C7NCC(=O)C[C@H](c8ccc(O)cc8)CSSC[C@@H]8[C@@H](O)[C@@H](O)C[C@@](C)([C@@H]8C7=O)[C@H]6CC[C@]5(CCNC(N)=NCc5ccccc5)[C@H]4[C@@](C)(O)[C@H](O)C[C@H]3C(O)O)[C@H]2C1. The number of H-pyrrole nitrogens is 1. The van der Waals surface area contributed by atoms with E-state index >= 15 is 4.79 Å². The number of Topliss-reactive ketones (excluding diaryl/α,β-unsaturated/α-hetero) is 2. The second-order valence-electron chi connectivity index (χ2n) is 28.6. The standard InChI is InChI=1S/C70H91N5O12S2/c1-38-12-13-41-16-19-48-50(49(41)26-38)28-42(52-35-87-65(84)57(52)44-21-24-72-33-44)10-7-11-43-30-70(86)59-54(20-22-69(70,63(43)68(3,85)56(79)29-51(48)64(82)83)23-25-73-66(71)75-32-39-8-5-4-6-9-39)67(2)31-55(78)61(80)53-37-89-88-36-45(40-14-17-46(76)18-15-40)27-47(77)34-74-60(59)62(81)58(53)67/h4-6,8-9,14-18,21,24,33,38,42-43,45,48-58,61,63-64,72,74,76,78-80,82-83,85-86H,11-13,19-20,22-23,25-32,34-37H2,1-3H3,(H3,71,73,75)/t38-,42+,43+,45+,48-,49+,50+,51-,52+,53+,54+,55+,56-,57+,58+,61-,63-,67-,68+,69+,70-/m1/s1. The number of hydrogen-bond donors (Lipinski definition) is 12. The summed E-state index contributed by atoms with van der Waals surface area (Å²) in [5.41, 5.74) is 4.67. The molecule has 2 saturated heterocycles. The Balaban J connectivity index is 1.01. The van der Waals surface area contributed by atoms with Crippen LogP contribution in [0.4, 0.5) is 0 Å². The lowest BCUT2D eigenvalue weighted by atomic mass is 9.43. The van der Waals surface area contributed by atoms with Crippen molar-refractivity contribution in [2.75, 3.05) is 31.2 Å². The topological polar surface area (TPSA) is 301 Å². The smallest absolute Gasteiger partial charge is 0.313 e. The van der Waals surface area contributed by atoms with Crippen molar-refractivity contribution in [3.8, 4) is 17.6 Å². The van der Waals surface area contributed by atoms with Crippen molar-refractivity contribution in [1.82, 2.24) is 15.6 Å². The molecule has 89 heavy (non-hydrogen) atoms. The molecule has 17 nitrogen and oxygen atoms in total. The monoisotopic (exact) mass is 1260 g/mol. The molecule has 19 heteroatoms. The van der Waals surface area contributed by atoms with Gasteiger partial charge in [0, 0.05) is 90.1 Å². The molecule has 7 aliphatic carbocycles. The van der Waals surface area contributed by atoms with Crippen LogP contribution in [0.2, 0.25) is 0 Å². The van der Waals surface area contributed by atoms with Crippen LogP contribution < -0.4 is 16.4 Å². The molecule has 13 N–H and O–H groups in total. The number of esters is 1. The number of carbonyl (C=O) groups excluding carboxylic acids is 3. The molecule has 2 aromatic carbocycles. The fourth-order valence-corrected chi connectivity index (χ4v) is 22.3. The maximum atomic E-state index is 16.2. The van der Waals surface area contributed by atoms with Gasteiger partial charge in [-0.2, -0.15) is 0 Å². The molecule has 0 radical (unpaired) electrons. The Bertz CT molecular complexity index is 3240. The lowest BCUT2D eigenvalue weighted by Crippen LogP contribution is -2.67. The molecule has 6 fully saturated rings. The number of ether oxygens (including phenoxy) is 1. The van der Waals surface area contributed by atoms with E-state index in [1.807, 2.05) is 49.5 Å². The number of carbonyl (C=O) groups is 3. The highest BCUT2D eigenvalue weighted by atomic mass is 33.1. The summed E-state index contributed by atoms with van der Waals surface area (Å²) >= 11 is 0. The van der Waals surface area contributed by atoms with E-state index < -0.39 is 94.0 Å². The summed E-state index contributed by atoms with van der Waals surface area (Å²) in [5.74, 6) is 1.22. The highest BCUT2D eigenvalue weighted by Crippen LogP contribution is 2.73. The molecule has 0 amide bonds. The number of aliphatic hydroxyl groups is 7. The number of nitrogens with zero attached hydrogens (tertiary/aromatic N) is 1. The minimum Gasteiger partial charge on any atom is -0.508 e. The minimum absolute atomic E-state index is 0.0397. The van der Waals surface area contributed by atoms with E-state index in [2.05, 4.69) is 45.5 Å². The van der Waals surface area contributed by atoms with E-state index in [4.69, 9.17) is 10.5 Å². The Kier molecular flexibility index (Phi) is 18.5. The maximum absolute atomic E-state index is 16.2. The molecule has 9 aliphatic rings. The van der Waals surface area contributed by atoms with Gasteiger partial charge in [-0.25, -0.2) is 4.99 Å². The number of ketones is 2. The molecule has 2 bridgehead atoms. The van der Waals surface area contributed by atoms with Crippen molar-refractivity contribution in [3.63, 3.8) is 0 Å². The lowest BCUT2D eigenvalue weighted by molar-refractivity contribution is -0.200. The number of allylic oxidation sites excluding steroid dienone is 3. The number of fused-ring (bicyclic) bond motifs is 10. The van der Waals surface area contributed by atoms with E-state index in [-0.39, 0.29) is 129 Å². The summed E-state index contributed by atoms with van der Waals surface area (Å²) in [6.07, 6.45) is 4.66. The number of phenols is 1. The van der Waals surface area contributed by atoms with Gasteiger partial charge in [0.25, 0.3) is 0 Å². The number of benzene rings is 2. The van der Waals surface area contributed by atoms with Gasteiger partial charge < -0.3 is 66.9 Å². The number of aromatic hydroxyl groups is 1. The van der Waals surface area contributed by atoms with Gasteiger partial charge in [-0.1, -0.05) is 95.5 Å². The predicted molar refractivity (Wildman–Crippen MR) is 341 cm³/mol. The number of cyclic esters (lactones) is 1. The van der Waals surface area contributed by atoms with Gasteiger partial charge in [0.2, 0.25) is 0 Å². The Morgan fingerprint density at radius 2 is 1.70 bits per heavy atom. The van der Waals surface area contributed by atoms with E-state index in [0.717, 1.165) is 36.0 Å². The third-order valence-electron chi connectivity index (χ3n) is 23.7. The quantitative estimate of drug-likeness (QED) is 0.0195. The number of nitrogens with two attached hydrogens (primary N) is 1. The number of aromatic amines is 1. The van der Waals surface area contributed by atoms with E-state index in [1.165, 1.54) is 16.4 Å². The molecule has 480 valence electrons. The molecule has 4 saturated carbocycles. The molecule has 1 aromatic heterocycles. The highest BCUT2D eigenvalue weighted by Gasteiger charge is 2.75. The number of phenolic OH excluding ortho intramolecular Hbond substituents is 1. The first-order chi connectivity index (χ1) is 42.6. The van der Waals surface area contributed by atoms with Crippen molar-refractivity contribution in [1.29, 1.82) is 0 Å². The van der Waals surface area contributed by atoms with Crippen molar-refractivity contribution in [3.05, 3.63) is 113 Å². The normalized spacial score (nSPS) is 41.1. The molecule has 3 heterocycles. The van der Waals surface area contributed by atoms with Crippen LogP contribution >= 0.6 is 21.6 Å². The van der Waals surface area contributed by atoms with Crippen LogP contribution in [-0.2, 0) is 25.7 Å². The number of rotatable bonds is 9. The van der Waals surface area contributed by atoms with Crippen molar-refractivity contribution in [2.45, 2.75) is 158 Å². The van der Waals surface area contributed by atoms with E-state index in [0.29, 0.717) is 48.8 Å². The largest absolute Gasteiger partial charge is 0.508 e. The average molecular weight is 1260 g/mol. The molecule has 2 aliphatic heterocycles. The first-order valence-electron chi connectivity index (χ1n) is 32.6. The van der Waals surface area contributed by atoms with Gasteiger partial charge in [0.1, 0.15) is 5.75 Å². The molecule has 0 spiro atoms. The van der Waals surface area contributed by atoms with Crippen LogP contribution in [0.25, 0.3) is 0 Å². The number of hydrogen-bond acceptors (Lipinski definition) is 16. The van der Waals surface area contributed by atoms with Crippen LogP contribution in [0.15, 0.2) is 101 Å². The third kappa shape index (κ3) is 11.8. The first-order valence-corrected chi connectivity index (χ1v) is 35.1.